The van der Waals surface area contributed by atoms with Crippen LogP contribution < -0.4 is 0 Å². The van der Waals surface area contributed by atoms with Crippen molar-refractivity contribution in [3.05, 3.63) is 27.2 Å². The van der Waals surface area contributed by atoms with Crippen molar-refractivity contribution in [2.75, 3.05) is 12.9 Å². The molecule has 0 saturated carbocycles. The van der Waals surface area contributed by atoms with E-state index in [4.69, 9.17) is 33.1 Å². The van der Waals surface area contributed by atoms with Gasteiger partial charge in [-0.1, -0.05) is 28.4 Å². The molecule has 1 aromatic rings. The third kappa shape index (κ3) is 2.30. The normalized spacial score (nSPS) is 16.5. The monoisotopic (exact) mass is 305 g/mol. The molecular formula is C11H9Cl2NO3S. The smallest absolute Gasteiger partial charge is 0.337 e. The van der Waals surface area contributed by atoms with Gasteiger partial charge >= 0.3 is 5.97 Å². The lowest BCUT2D eigenvalue weighted by molar-refractivity contribution is 0.0697. The summed E-state index contributed by atoms with van der Waals surface area (Å²) in [6.45, 7) is 0. The summed E-state index contributed by atoms with van der Waals surface area (Å²) in [4.78, 5) is 16.6. The number of fused-ring (bicyclic) bond motifs is 1. The van der Waals surface area contributed by atoms with Crippen LogP contribution in [0, 0.1) is 0 Å². The average molecular weight is 306 g/mol. The number of carbonyl (C=O) groups is 1. The Morgan fingerprint density at radius 2 is 2.28 bits per heavy atom. The minimum Gasteiger partial charge on any atom is -0.478 e. The minimum absolute atomic E-state index is 0.0216. The molecule has 1 aliphatic heterocycles. The summed E-state index contributed by atoms with van der Waals surface area (Å²) in [5.41, 5.74) is 1.17. The number of carboxylic acid groups (broad SMARTS) is 1. The molecular weight excluding hydrogens is 297 g/mol. The van der Waals surface area contributed by atoms with Crippen LogP contribution in [0.3, 0.4) is 0 Å². The number of nitrogens with zero attached hydrogens (tertiary/aromatic N) is 1. The van der Waals surface area contributed by atoms with E-state index in [2.05, 4.69) is 5.16 Å². The SMILES string of the molecule is CO/N=C1\CCSc2c(Cl)cc(C(=O)O)c(Cl)c21. The lowest BCUT2D eigenvalue weighted by atomic mass is 10.0. The van der Waals surface area contributed by atoms with Crippen LogP contribution in [-0.2, 0) is 4.84 Å². The number of carboxylic acids is 1. The molecule has 0 saturated heterocycles. The fourth-order valence-corrected chi connectivity index (χ4v) is 3.56. The average Bonchev–Trinajstić information content (AvgIpc) is 2.33. The molecule has 1 heterocycles. The van der Waals surface area contributed by atoms with E-state index in [1.54, 1.807) is 0 Å². The fraction of sp³-hybridized carbons (Fsp3) is 0.273. The summed E-state index contributed by atoms with van der Waals surface area (Å²) in [6, 6.07) is 1.37. The number of oxime groups is 1. The summed E-state index contributed by atoms with van der Waals surface area (Å²) in [6.07, 6.45) is 0.657. The van der Waals surface area contributed by atoms with Crippen LogP contribution in [0.15, 0.2) is 16.1 Å². The maximum Gasteiger partial charge on any atom is 0.337 e. The Morgan fingerprint density at radius 1 is 1.56 bits per heavy atom. The molecule has 96 valence electrons. The number of halogens is 2. The van der Waals surface area contributed by atoms with Gasteiger partial charge in [0.25, 0.3) is 0 Å². The van der Waals surface area contributed by atoms with Gasteiger partial charge < -0.3 is 9.94 Å². The number of thioether (sulfide) groups is 1. The molecule has 0 unspecified atom stereocenters. The Labute approximate surface area is 118 Å². The van der Waals surface area contributed by atoms with E-state index in [9.17, 15) is 4.79 Å². The van der Waals surface area contributed by atoms with Gasteiger partial charge in [0.05, 0.1) is 21.3 Å². The lowest BCUT2D eigenvalue weighted by Crippen LogP contribution is -2.14. The summed E-state index contributed by atoms with van der Waals surface area (Å²) >= 11 is 13.8. The molecule has 2 rings (SSSR count). The molecule has 0 aromatic heterocycles. The second kappa shape index (κ2) is 5.38. The molecule has 1 aromatic carbocycles. The van der Waals surface area contributed by atoms with Crippen LogP contribution in [-0.4, -0.2) is 29.7 Å². The molecule has 0 bridgehead atoms. The Balaban J connectivity index is 2.71. The number of hydrogen-bond donors (Lipinski definition) is 1. The lowest BCUT2D eigenvalue weighted by Gasteiger charge is -2.20. The summed E-state index contributed by atoms with van der Waals surface area (Å²) in [5.74, 6) is -0.311. The van der Waals surface area contributed by atoms with Gasteiger partial charge in [-0.3, -0.25) is 0 Å². The van der Waals surface area contributed by atoms with Crippen molar-refractivity contribution in [2.45, 2.75) is 11.3 Å². The van der Waals surface area contributed by atoms with Crippen molar-refractivity contribution in [2.24, 2.45) is 5.16 Å². The molecule has 0 amide bonds. The minimum atomic E-state index is -1.11. The third-order valence-electron chi connectivity index (χ3n) is 2.48. The summed E-state index contributed by atoms with van der Waals surface area (Å²) < 4.78 is 0. The molecule has 0 fully saturated rings. The number of aromatic carboxylic acids is 1. The molecule has 0 aliphatic carbocycles. The largest absolute Gasteiger partial charge is 0.478 e. The first-order valence-corrected chi connectivity index (χ1v) is 6.79. The highest BCUT2D eigenvalue weighted by atomic mass is 35.5. The summed E-state index contributed by atoms with van der Waals surface area (Å²) in [7, 11) is 1.44. The Morgan fingerprint density at radius 3 is 2.89 bits per heavy atom. The first-order chi connectivity index (χ1) is 8.56. The Hall–Kier alpha value is -0.910. The van der Waals surface area contributed by atoms with Crippen LogP contribution in [0.4, 0.5) is 0 Å². The van der Waals surface area contributed by atoms with E-state index < -0.39 is 5.97 Å². The zero-order chi connectivity index (χ0) is 13.3. The maximum absolute atomic E-state index is 11.1. The zero-order valence-corrected chi connectivity index (χ0v) is 11.7. The highest BCUT2D eigenvalue weighted by molar-refractivity contribution is 7.99. The van der Waals surface area contributed by atoms with Crippen molar-refractivity contribution in [3.8, 4) is 0 Å². The third-order valence-corrected chi connectivity index (χ3v) is 4.40. The van der Waals surface area contributed by atoms with Gasteiger partial charge in [0, 0.05) is 22.6 Å². The molecule has 7 heteroatoms. The predicted molar refractivity (Wildman–Crippen MR) is 72.3 cm³/mol. The van der Waals surface area contributed by atoms with E-state index in [1.165, 1.54) is 24.9 Å². The van der Waals surface area contributed by atoms with Crippen LogP contribution in [0.2, 0.25) is 10.0 Å². The van der Waals surface area contributed by atoms with Crippen molar-refractivity contribution >= 4 is 46.6 Å². The van der Waals surface area contributed by atoms with Crippen LogP contribution >= 0.6 is 35.0 Å². The van der Waals surface area contributed by atoms with Gasteiger partial charge in [-0.15, -0.1) is 11.8 Å². The maximum atomic E-state index is 11.1. The molecule has 18 heavy (non-hydrogen) atoms. The fourth-order valence-electron chi connectivity index (χ4n) is 1.74. The van der Waals surface area contributed by atoms with Crippen molar-refractivity contribution in [3.63, 3.8) is 0 Å². The van der Waals surface area contributed by atoms with Crippen LogP contribution in [0.5, 0.6) is 0 Å². The van der Waals surface area contributed by atoms with E-state index >= 15 is 0 Å². The predicted octanol–water partition coefficient (Wildman–Crippen LogP) is 3.54. The number of rotatable bonds is 2. The second-order valence-corrected chi connectivity index (χ2v) is 5.44. The molecule has 4 nitrogen and oxygen atoms in total. The summed E-state index contributed by atoms with van der Waals surface area (Å²) in [5, 5.41) is 13.5. The van der Waals surface area contributed by atoms with Gasteiger partial charge in [0.15, 0.2) is 0 Å². The van der Waals surface area contributed by atoms with Crippen LogP contribution in [0.25, 0.3) is 0 Å². The van der Waals surface area contributed by atoms with Gasteiger partial charge in [0.2, 0.25) is 0 Å². The first kappa shape index (κ1) is 13.5. The van der Waals surface area contributed by atoms with Gasteiger partial charge in [0.1, 0.15) is 7.11 Å². The van der Waals surface area contributed by atoms with Crippen molar-refractivity contribution in [1.82, 2.24) is 0 Å². The van der Waals surface area contributed by atoms with E-state index in [-0.39, 0.29) is 10.6 Å². The van der Waals surface area contributed by atoms with E-state index in [0.717, 1.165) is 10.6 Å². The van der Waals surface area contributed by atoms with Gasteiger partial charge in [-0.05, 0) is 6.07 Å². The van der Waals surface area contributed by atoms with Crippen molar-refractivity contribution in [1.29, 1.82) is 0 Å². The second-order valence-electron chi connectivity index (χ2n) is 3.55. The molecule has 0 atom stereocenters. The molecule has 0 radical (unpaired) electrons. The van der Waals surface area contributed by atoms with Crippen molar-refractivity contribution < 1.29 is 14.7 Å². The standard InChI is InChI=1S/C11H9Cl2NO3S/c1-17-14-7-2-3-18-10-6(12)4-5(11(15)16)9(13)8(7)10/h4H,2-3H2,1H3,(H,15,16)/b14-7+. The Bertz CT molecular complexity index is 546. The van der Waals surface area contributed by atoms with Crippen LogP contribution in [0.1, 0.15) is 22.3 Å². The highest BCUT2D eigenvalue weighted by Gasteiger charge is 2.26. The van der Waals surface area contributed by atoms with E-state index in [0.29, 0.717) is 22.7 Å². The molecule has 1 N–H and O–H groups in total. The van der Waals surface area contributed by atoms with Gasteiger partial charge in [-0.2, -0.15) is 0 Å². The molecule has 0 spiro atoms. The zero-order valence-electron chi connectivity index (χ0n) is 9.37. The number of benzene rings is 1. The topological polar surface area (TPSA) is 58.9 Å². The quantitative estimate of drug-likeness (QED) is 0.849. The number of hydrogen-bond acceptors (Lipinski definition) is 4. The Kier molecular flexibility index (Phi) is 4.04. The van der Waals surface area contributed by atoms with E-state index in [1.807, 2.05) is 0 Å². The first-order valence-electron chi connectivity index (χ1n) is 5.04. The van der Waals surface area contributed by atoms with Gasteiger partial charge in [-0.25, -0.2) is 4.79 Å². The molecule has 1 aliphatic rings. The highest BCUT2D eigenvalue weighted by Crippen LogP contribution is 2.41.